The SMILES string of the molecule is COc1ccc(NS(=O)(=O)c2ccc(NN=C(C)c3ccc4ccccc4c3)c([N+](=O)[O-])c2)cc1. The van der Waals surface area contributed by atoms with Crippen LogP contribution in [0.2, 0.25) is 0 Å². The minimum absolute atomic E-state index is 0.0681. The third-order valence-electron chi connectivity index (χ3n) is 5.33. The van der Waals surface area contributed by atoms with Gasteiger partial charge in [0.1, 0.15) is 11.4 Å². The molecular weight excluding hydrogens is 468 g/mol. The summed E-state index contributed by atoms with van der Waals surface area (Å²) in [5, 5.41) is 18.1. The van der Waals surface area contributed by atoms with Crippen molar-refractivity contribution in [2.75, 3.05) is 17.3 Å². The highest BCUT2D eigenvalue weighted by Gasteiger charge is 2.22. The summed E-state index contributed by atoms with van der Waals surface area (Å²) >= 11 is 0. The van der Waals surface area contributed by atoms with E-state index in [2.05, 4.69) is 15.2 Å². The van der Waals surface area contributed by atoms with E-state index in [1.165, 1.54) is 31.4 Å². The van der Waals surface area contributed by atoms with Gasteiger partial charge < -0.3 is 4.74 Å². The molecule has 0 aliphatic heterocycles. The van der Waals surface area contributed by atoms with Crippen LogP contribution in [-0.4, -0.2) is 26.2 Å². The molecule has 0 unspecified atom stereocenters. The Labute approximate surface area is 202 Å². The van der Waals surface area contributed by atoms with E-state index in [4.69, 9.17) is 4.74 Å². The van der Waals surface area contributed by atoms with Gasteiger partial charge in [0.25, 0.3) is 15.7 Å². The molecule has 0 aromatic heterocycles. The van der Waals surface area contributed by atoms with Crippen LogP contribution < -0.4 is 14.9 Å². The van der Waals surface area contributed by atoms with Crippen LogP contribution in [0.5, 0.6) is 5.75 Å². The Balaban J connectivity index is 1.58. The van der Waals surface area contributed by atoms with Crippen LogP contribution in [0.3, 0.4) is 0 Å². The van der Waals surface area contributed by atoms with Crippen molar-refractivity contribution in [1.82, 2.24) is 0 Å². The zero-order valence-corrected chi connectivity index (χ0v) is 19.7. The number of methoxy groups -OCH3 is 1. The molecule has 4 aromatic rings. The summed E-state index contributed by atoms with van der Waals surface area (Å²) in [7, 11) is -2.56. The Morgan fingerprint density at radius 3 is 2.34 bits per heavy atom. The Morgan fingerprint density at radius 2 is 1.66 bits per heavy atom. The third-order valence-corrected chi connectivity index (χ3v) is 6.71. The molecule has 0 aliphatic rings. The highest BCUT2D eigenvalue weighted by molar-refractivity contribution is 7.92. The lowest BCUT2D eigenvalue weighted by molar-refractivity contribution is -0.384. The van der Waals surface area contributed by atoms with Crippen molar-refractivity contribution in [3.8, 4) is 5.75 Å². The quantitative estimate of drug-likeness (QED) is 0.194. The number of hydrogen-bond donors (Lipinski definition) is 2. The predicted octanol–water partition coefficient (Wildman–Crippen LogP) is 5.39. The van der Waals surface area contributed by atoms with Gasteiger partial charge in [0.05, 0.1) is 22.6 Å². The summed E-state index contributed by atoms with van der Waals surface area (Å²) in [6.45, 7) is 1.78. The second-order valence-electron chi connectivity index (χ2n) is 7.64. The number of hydrazone groups is 1. The average Bonchev–Trinajstić information content (AvgIpc) is 2.87. The highest BCUT2D eigenvalue weighted by Crippen LogP contribution is 2.29. The van der Waals surface area contributed by atoms with Crippen LogP contribution in [0.15, 0.2) is 94.9 Å². The largest absolute Gasteiger partial charge is 0.497 e. The summed E-state index contributed by atoms with van der Waals surface area (Å²) < 4.78 is 33.0. The number of rotatable bonds is 8. The second-order valence-corrected chi connectivity index (χ2v) is 9.32. The molecule has 0 aliphatic carbocycles. The van der Waals surface area contributed by atoms with Crippen molar-refractivity contribution in [2.24, 2.45) is 5.10 Å². The number of nitrogens with zero attached hydrogens (tertiary/aromatic N) is 2. The molecule has 0 bridgehead atoms. The lowest BCUT2D eigenvalue weighted by atomic mass is 10.0. The van der Waals surface area contributed by atoms with Crippen LogP contribution >= 0.6 is 0 Å². The van der Waals surface area contributed by atoms with E-state index < -0.39 is 20.6 Å². The normalized spacial score (nSPS) is 11.8. The molecule has 0 saturated carbocycles. The van der Waals surface area contributed by atoms with E-state index in [0.717, 1.165) is 22.4 Å². The van der Waals surface area contributed by atoms with Crippen LogP contribution in [0.4, 0.5) is 17.1 Å². The fourth-order valence-electron chi connectivity index (χ4n) is 3.42. The maximum Gasteiger partial charge on any atom is 0.295 e. The van der Waals surface area contributed by atoms with Gasteiger partial charge in [0.15, 0.2) is 0 Å². The number of sulfonamides is 1. The molecule has 0 amide bonds. The number of fused-ring (bicyclic) bond motifs is 1. The molecule has 178 valence electrons. The maximum atomic E-state index is 12.8. The number of benzene rings is 4. The standard InChI is InChI=1S/C25H22N4O5S/c1-17(19-8-7-18-5-3-4-6-20(18)15-19)26-27-24-14-13-23(16-25(24)29(30)31)35(32,33)28-21-9-11-22(34-2)12-10-21/h3-16,27-28H,1-2H3. The van der Waals surface area contributed by atoms with Crippen molar-refractivity contribution >= 4 is 43.6 Å². The Bertz CT molecular complexity index is 1530. The molecule has 35 heavy (non-hydrogen) atoms. The van der Waals surface area contributed by atoms with Crippen molar-refractivity contribution in [3.63, 3.8) is 0 Å². The van der Waals surface area contributed by atoms with Crippen molar-refractivity contribution in [1.29, 1.82) is 0 Å². The van der Waals surface area contributed by atoms with E-state index >= 15 is 0 Å². The first kappa shape index (κ1) is 23.7. The van der Waals surface area contributed by atoms with Crippen molar-refractivity contribution in [3.05, 3.63) is 101 Å². The summed E-state index contributed by atoms with van der Waals surface area (Å²) in [5.74, 6) is 0.568. The average molecular weight is 491 g/mol. The molecule has 0 atom stereocenters. The summed E-state index contributed by atoms with van der Waals surface area (Å²) in [4.78, 5) is 10.8. The fraction of sp³-hybridized carbons (Fsp3) is 0.0800. The smallest absolute Gasteiger partial charge is 0.295 e. The molecule has 0 spiro atoms. The van der Waals surface area contributed by atoms with Crippen molar-refractivity contribution in [2.45, 2.75) is 11.8 Å². The predicted molar refractivity (Wildman–Crippen MR) is 137 cm³/mol. The summed E-state index contributed by atoms with van der Waals surface area (Å²) in [5.41, 5.74) is 4.11. The van der Waals surface area contributed by atoms with E-state index in [-0.39, 0.29) is 10.6 Å². The number of nitro groups is 1. The number of nitrogens with one attached hydrogen (secondary N) is 2. The van der Waals surface area contributed by atoms with Gasteiger partial charge in [-0.2, -0.15) is 5.10 Å². The van der Waals surface area contributed by atoms with Gasteiger partial charge in [0, 0.05) is 11.8 Å². The van der Waals surface area contributed by atoms with Gasteiger partial charge in [-0.15, -0.1) is 0 Å². The topological polar surface area (TPSA) is 123 Å². The van der Waals surface area contributed by atoms with E-state index in [1.54, 1.807) is 19.1 Å². The minimum atomic E-state index is -4.06. The first-order chi connectivity index (χ1) is 16.8. The van der Waals surface area contributed by atoms with Crippen LogP contribution in [0, 0.1) is 10.1 Å². The third kappa shape index (κ3) is 5.39. The van der Waals surface area contributed by atoms with Gasteiger partial charge in [-0.1, -0.05) is 36.4 Å². The molecular formula is C25H22N4O5S. The molecule has 4 rings (SSSR count). The van der Waals surface area contributed by atoms with Gasteiger partial charge >= 0.3 is 0 Å². The maximum absolute atomic E-state index is 12.8. The summed E-state index contributed by atoms with van der Waals surface area (Å²) in [6, 6.07) is 23.6. The first-order valence-electron chi connectivity index (χ1n) is 10.5. The number of ether oxygens (including phenoxy) is 1. The number of hydrogen-bond acceptors (Lipinski definition) is 7. The molecule has 2 N–H and O–H groups in total. The molecule has 4 aromatic carbocycles. The minimum Gasteiger partial charge on any atom is -0.497 e. The zero-order chi connectivity index (χ0) is 25.0. The van der Waals surface area contributed by atoms with Crippen LogP contribution in [-0.2, 0) is 10.0 Å². The fourth-order valence-corrected chi connectivity index (χ4v) is 4.50. The Kier molecular flexibility index (Phi) is 6.65. The molecule has 10 heteroatoms. The zero-order valence-electron chi connectivity index (χ0n) is 18.9. The monoisotopic (exact) mass is 490 g/mol. The number of nitro benzene ring substituents is 1. The first-order valence-corrected chi connectivity index (χ1v) is 12.0. The van der Waals surface area contributed by atoms with E-state index in [0.29, 0.717) is 17.1 Å². The van der Waals surface area contributed by atoms with Crippen LogP contribution in [0.1, 0.15) is 12.5 Å². The lowest BCUT2D eigenvalue weighted by Crippen LogP contribution is -2.13. The number of anilines is 2. The summed E-state index contributed by atoms with van der Waals surface area (Å²) in [6.07, 6.45) is 0. The molecule has 0 radical (unpaired) electrons. The van der Waals surface area contributed by atoms with Gasteiger partial charge in [-0.05, 0) is 65.7 Å². The van der Waals surface area contributed by atoms with E-state index in [1.807, 2.05) is 42.5 Å². The highest BCUT2D eigenvalue weighted by atomic mass is 32.2. The van der Waals surface area contributed by atoms with Crippen LogP contribution in [0.25, 0.3) is 10.8 Å². The second kappa shape index (κ2) is 9.82. The Hall–Kier alpha value is -4.44. The van der Waals surface area contributed by atoms with Gasteiger partial charge in [0.2, 0.25) is 0 Å². The van der Waals surface area contributed by atoms with Crippen molar-refractivity contribution < 1.29 is 18.1 Å². The molecule has 0 fully saturated rings. The van der Waals surface area contributed by atoms with Gasteiger partial charge in [-0.25, -0.2) is 8.42 Å². The lowest BCUT2D eigenvalue weighted by Gasteiger charge is -2.10. The van der Waals surface area contributed by atoms with Gasteiger partial charge in [-0.3, -0.25) is 20.3 Å². The molecule has 0 heterocycles. The molecule has 0 saturated heterocycles. The molecule has 9 nitrogen and oxygen atoms in total. The Morgan fingerprint density at radius 1 is 0.943 bits per heavy atom. The van der Waals surface area contributed by atoms with E-state index in [9.17, 15) is 18.5 Å².